The highest BCUT2D eigenvalue weighted by molar-refractivity contribution is 6.32. The molecule has 0 fully saturated rings. The summed E-state index contributed by atoms with van der Waals surface area (Å²) < 4.78 is 10.5. The second kappa shape index (κ2) is 9.34. The van der Waals surface area contributed by atoms with Crippen molar-refractivity contribution in [3.63, 3.8) is 0 Å². The predicted octanol–water partition coefficient (Wildman–Crippen LogP) is 4.67. The maximum Gasteiger partial charge on any atom is 0.226 e. The first-order valence-corrected chi connectivity index (χ1v) is 8.91. The lowest BCUT2D eigenvalue weighted by Gasteiger charge is -2.15. The van der Waals surface area contributed by atoms with Gasteiger partial charge in [0.05, 0.1) is 24.9 Å². The van der Waals surface area contributed by atoms with Gasteiger partial charge in [-0.2, -0.15) is 0 Å². The van der Waals surface area contributed by atoms with Crippen molar-refractivity contribution in [2.45, 2.75) is 26.7 Å². The third-order valence-corrected chi connectivity index (χ3v) is 4.44. The van der Waals surface area contributed by atoms with Crippen molar-refractivity contribution in [1.82, 2.24) is 0 Å². The number of ether oxygens (including phenoxy) is 2. The number of halogens is 1. The standard InChI is InChI=1S/C20H25ClN2O3/c1-5-14-8-6-7-13(2)20(14)22-10-9-19(24)23-16-12-17(25-3)15(21)11-18(16)26-4/h6-8,11-12,22H,5,9-10H2,1-4H3,(H,23,24). The van der Waals surface area contributed by atoms with E-state index >= 15 is 0 Å². The molecular formula is C20H25ClN2O3. The van der Waals surface area contributed by atoms with Crippen molar-refractivity contribution in [1.29, 1.82) is 0 Å². The largest absolute Gasteiger partial charge is 0.495 e. The molecule has 0 bridgehead atoms. The first-order valence-electron chi connectivity index (χ1n) is 8.53. The minimum Gasteiger partial charge on any atom is -0.495 e. The molecule has 0 aliphatic rings. The van der Waals surface area contributed by atoms with Crippen molar-refractivity contribution in [2.75, 3.05) is 31.4 Å². The second-order valence-electron chi connectivity index (χ2n) is 5.87. The van der Waals surface area contributed by atoms with Gasteiger partial charge in [0.25, 0.3) is 0 Å². The topological polar surface area (TPSA) is 59.6 Å². The molecule has 0 radical (unpaired) electrons. The van der Waals surface area contributed by atoms with Gasteiger partial charge in [-0.3, -0.25) is 4.79 Å². The van der Waals surface area contributed by atoms with Crippen LogP contribution in [-0.2, 0) is 11.2 Å². The molecule has 26 heavy (non-hydrogen) atoms. The Kier molecular flexibility index (Phi) is 7.16. The highest BCUT2D eigenvalue weighted by Gasteiger charge is 2.13. The smallest absolute Gasteiger partial charge is 0.226 e. The van der Waals surface area contributed by atoms with E-state index in [1.807, 2.05) is 6.07 Å². The van der Waals surface area contributed by atoms with Crippen LogP contribution in [0.5, 0.6) is 11.5 Å². The van der Waals surface area contributed by atoms with Crippen LogP contribution in [0.3, 0.4) is 0 Å². The number of hydrogen-bond donors (Lipinski definition) is 2. The zero-order valence-electron chi connectivity index (χ0n) is 15.6. The number of aryl methyl sites for hydroxylation is 2. The maximum atomic E-state index is 12.3. The van der Waals surface area contributed by atoms with Crippen LogP contribution in [0, 0.1) is 6.92 Å². The van der Waals surface area contributed by atoms with E-state index in [0.29, 0.717) is 35.2 Å². The number of benzene rings is 2. The molecule has 0 aliphatic heterocycles. The van der Waals surface area contributed by atoms with E-state index in [4.69, 9.17) is 21.1 Å². The zero-order chi connectivity index (χ0) is 19.1. The average molecular weight is 377 g/mol. The second-order valence-corrected chi connectivity index (χ2v) is 6.28. The number of anilines is 2. The van der Waals surface area contributed by atoms with Crippen molar-refractivity contribution in [3.05, 3.63) is 46.5 Å². The summed E-state index contributed by atoms with van der Waals surface area (Å²) in [5.74, 6) is 0.851. The van der Waals surface area contributed by atoms with Crippen LogP contribution in [-0.4, -0.2) is 26.7 Å². The van der Waals surface area contributed by atoms with Gasteiger partial charge in [0.1, 0.15) is 11.5 Å². The lowest BCUT2D eigenvalue weighted by atomic mass is 10.1. The summed E-state index contributed by atoms with van der Waals surface area (Å²) in [7, 11) is 3.05. The van der Waals surface area contributed by atoms with Crippen LogP contribution in [0.2, 0.25) is 5.02 Å². The number of carbonyl (C=O) groups excluding carboxylic acids is 1. The molecule has 0 saturated carbocycles. The Labute approximate surface area is 159 Å². The Hall–Kier alpha value is -2.40. The van der Waals surface area contributed by atoms with Crippen molar-refractivity contribution >= 4 is 28.9 Å². The van der Waals surface area contributed by atoms with Crippen LogP contribution >= 0.6 is 11.6 Å². The van der Waals surface area contributed by atoms with Gasteiger partial charge in [-0.25, -0.2) is 0 Å². The SMILES string of the molecule is CCc1cccc(C)c1NCCC(=O)Nc1cc(OC)c(Cl)cc1OC. The summed E-state index contributed by atoms with van der Waals surface area (Å²) in [4.78, 5) is 12.3. The third-order valence-electron chi connectivity index (χ3n) is 4.14. The summed E-state index contributed by atoms with van der Waals surface area (Å²) in [6, 6.07) is 9.48. The van der Waals surface area contributed by atoms with Crippen molar-refractivity contribution in [2.24, 2.45) is 0 Å². The van der Waals surface area contributed by atoms with E-state index in [0.717, 1.165) is 12.1 Å². The van der Waals surface area contributed by atoms with Crippen LogP contribution < -0.4 is 20.1 Å². The molecule has 0 aromatic heterocycles. The molecule has 5 nitrogen and oxygen atoms in total. The van der Waals surface area contributed by atoms with E-state index in [1.165, 1.54) is 25.3 Å². The molecule has 140 valence electrons. The molecule has 2 N–H and O–H groups in total. The number of hydrogen-bond acceptors (Lipinski definition) is 4. The number of nitrogens with one attached hydrogen (secondary N) is 2. The monoisotopic (exact) mass is 376 g/mol. The summed E-state index contributed by atoms with van der Waals surface area (Å²) in [5, 5.41) is 6.65. The summed E-state index contributed by atoms with van der Waals surface area (Å²) in [6.07, 6.45) is 1.27. The fourth-order valence-corrected chi connectivity index (χ4v) is 2.98. The van der Waals surface area contributed by atoms with Crippen LogP contribution in [0.25, 0.3) is 0 Å². The van der Waals surface area contributed by atoms with Gasteiger partial charge in [0.2, 0.25) is 5.91 Å². The van der Waals surface area contributed by atoms with E-state index in [9.17, 15) is 4.79 Å². The number of para-hydroxylation sites is 1. The number of rotatable bonds is 8. The third kappa shape index (κ3) is 4.82. The summed E-state index contributed by atoms with van der Waals surface area (Å²) in [6.45, 7) is 4.72. The average Bonchev–Trinajstić information content (AvgIpc) is 2.63. The normalized spacial score (nSPS) is 10.3. The van der Waals surface area contributed by atoms with Gasteiger partial charge in [-0.05, 0) is 24.5 Å². The van der Waals surface area contributed by atoms with E-state index in [2.05, 4.69) is 36.6 Å². The van der Waals surface area contributed by atoms with Gasteiger partial charge >= 0.3 is 0 Å². The molecule has 0 saturated heterocycles. The summed E-state index contributed by atoms with van der Waals surface area (Å²) in [5.41, 5.74) is 4.06. The molecule has 2 aromatic carbocycles. The van der Waals surface area contributed by atoms with Crippen molar-refractivity contribution in [3.8, 4) is 11.5 Å². The fraction of sp³-hybridized carbons (Fsp3) is 0.350. The first kappa shape index (κ1) is 19.9. The first-order chi connectivity index (χ1) is 12.5. The Morgan fingerprint density at radius 2 is 1.88 bits per heavy atom. The predicted molar refractivity (Wildman–Crippen MR) is 107 cm³/mol. The zero-order valence-corrected chi connectivity index (χ0v) is 16.4. The molecule has 0 atom stereocenters. The number of methoxy groups -OCH3 is 2. The van der Waals surface area contributed by atoms with Crippen LogP contribution in [0.1, 0.15) is 24.5 Å². The highest BCUT2D eigenvalue weighted by atomic mass is 35.5. The molecule has 1 amide bonds. The Morgan fingerprint density at radius 3 is 2.54 bits per heavy atom. The van der Waals surface area contributed by atoms with E-state index < -0.39 is 0 Å². The molecule has 2 rings (SSSR count). The molecule has 2 aromatic rings. The fourth-order valence-electron chi connectivity index (χ4n) is 2.75. The van der Waals surface area contributed by atoms with E-state index in [-0.39, 0.29) is 5.91 Å². The van der Waals surface area contributed by atoms with Crippen LogP contribution in [0.4, 0.5) is 11.4 Å². The van der Waals surface area contributed by atoms with Gasteiger partial charge < -0.3 is 20.1 Å². The Morgan fingerprint density at radius 1 is 1.15 bits per heavy atom. The number of amides is 1. The molecule has 6 heteroatoms. The Bertz CT molecular complexity index is 778. The lowest BCUT2D eigenvalue weighted by molar-refractivity contribution is -0.116. The van der Waals surface area contributed by atoms with Gasteiger partial charge in [0.15, 0.2) is 0 Å². The molecule has 0 aliphatic carbocycles. The molecule has 0 heterocycles. The summed E-state index contributed by atoms with van der Waals surface area (Å²) >= 11 is 6.08. The van der Waals surface area contributed by atoms with Gasteiger partial charge in [-0.1, -0.05) is 36.7 Å². The van der Waals surface area contributed by atoms with Gasteiger partial charge in [0, 0.05) is 30.8 Å². The minimum absolute atomic E-state index is 0.119. The molecule has 0 unspecified atom stereocenters. The van der Waals surface area contributed by atoms with Crippen molar-refractivity contribution < 1.29 is 14.3 Å². The quantitative estimate of drug-likeness (QED) is 0.702. The van der Waals surface area contributed by atoms with Gasteiger partial charge in [-0.15, -0.1) is 0 Å². The Balaban J connectivity index is 2.00. The van der Waals surface area contributed by atoms with Crippen LogP contribution in [0.15, 0.2) is 30.3 Å². The molecule has 0 spiro atoms. The highest BCUT2D eigenvalue weighted by Crippen LogP contribution is 2.35. The maximum absolute atomic E-state index is 12.3. The molecular weight excluding hydrogens is 352 g/mol. The minimum atomic E-state index is -0.119. The number of carbonyl (C=O) groups is 1. The lowest BCUT2D eigenvalue weighted by Crippen LogP contribution is -2.17. The van der Waals surface area contributed by atoms with E-state index in [1.54, 1.807) is 12.1 Å².